The molecule has 3 heteroatoms. The van der Waals surface area contributed by atoms with Gasteiger partial charge in [0, 0.05) is 38.3 Å². The van der Waals surface area contributed by atoms with Gasteiger partial charge in [-0.25, -0.2) is 4.39 Å². The van der Waals surface area contributed by atoms with Crippen molar-refractivity contribution in [1.29, 1.82) is 0 Å². The van der Waals surface area contributed by atoms with Crippen LogP contribution in [0.4, 0.5) is 4.39 Å². The van der Waals surface area contributed by atoms with Crippen LogP contribution in [0.15, 0.2) is 18.2 Å². The van der Waals surface area contributed by atoms with Gasteiger partial charge >= 0.3 is 0 Å². The molecule has 1 aliphatic heterocycles. The van der Waals surface area contributed by atoms with Crippen molar-refractivity contribution in [2.75, 3.05) is 26.2 Å². The zero-order chi connectivity index (χ0) is 19.7. The quantitative estimate of drug-likeness (QED) is 0.718. The maximum Gasteiger partial charge on any atom is 0.123 e. The van der Waals surface area contributed by atoms with Crippen molar-refractivity contribution in [3.8, 4) is 0 Å². The van der Waals surface area contributed by atoms with Gasteiger partial charge in [0.1, 0.15) is 5.82 Å². The molecule has 26 heavy (non-hydrogen) atoms. The summed E-state index contributed by atoms with van der Waals surface area (Å²) in [6.07, 6.45) is 0.913. The first kappa shape index (κ1) is 21.4. The summed E-state index contributed by atoms with van der Waals surface area (Å²) in [4.78, 5) is 5.19. The van der Waals surface area contributed by atoms with Crippen LogP contribution in [0.2, 0.25) is 0 Å². The van der Waals surface area contributed by atoms with E-state index in [2.05, 4.69) is 65.2 Å². The van der Waals surface area contributed by atoms with Gasteiger partial charge in [-0.05, 0) is 61.3 Å². The van der Waals surface area contributed by atoms with E-state index in [4.69, 9.17) is 0 Å². The molecule has 2 rings (SSSR count). The van der Waals surface area contributed by atoms with Crippen LogP contribution in [0, 0.1) is 11.2 Å². The second-order valence-electron chi connectivity index (χ2n) is 10.3. The second kappa shape index (κ2) is 7.98. The molecule has 1 heterocycles. The number of nitrogens with zero attached hydrogens (tertiary/aromatic N) is 2. The van der Waals surface area contributed by atoms with E-state index < -0.39 is 0 Å². The molecule has 1 aromatic carbocycles. The number of piperazine rings is 1. The lowest BCUT2D eigenvalue weighted by Crippen LogP contribution is -2.55. The summed E-state index contributed by atoms with van der Waals surface area (Å²) in [5, 5.41) is 0. The lowest BCUT2D eigenvalue weighted by atomic mass is 9.77. The Morgan fingerprint density at radius 3 is 2.31 bits per heavy atom. The highest BCUT2D eigenvalue weighted by Gasteiger charge is 2.30. The van der Waals surface area contributed by atoms with Crippen LogP contribution in [0.3, 0.4) is 0 Å². The van der Waals surface area contributed by atoms with E-state index >= 15 is 0 Å². The Balaban J connectivity index is 2.09. The molecule has 0 aliphatic carbocycles. The molecule has 0 saturated carbocycles. The second-order valence-corrected chi connectivity index (χ2v) is 10.3. The van der Waals surface area contributed by atoms with Crippen LogP contribution in [0.25, 0.3) is 0 Å². The van der Waals surface area contributed by atoms with Gasteiger partial charge in [0.05, 0.1) is 0 Å². The predicted molar refractivity (Wildman–Crippen MR) is 110 cm³/mol. The molecule has 0 aromatic heterocycles. The van der Waals surface area contributed by atoms with Gasteiger partial charge < -0.3 is 0 Å². The SMILES string of the molecule is CC(C)N1CCN(CC(C)(C)Cc2cc(F)ccc2C(C)(C)C)C[C@H]1C. The molecule has 0 N–H and O–H groups in total. The Morgan fingerprint density at radius 2 is 1.77 bits per heavy atom. The molecule has 0 spiro atoms. The molecule has 0 radical (unpaired) electrons. The molecule has 1 aliphatic rings. The standard InChI is InChI=1S/C23H39FN2/c1-17(2)26-12-11-25(15-18(26)3)16-23(7,8)14-19-13-20(24)9-10-21(19)22(4,5)6/h9-10,13,17-18H,11-12,14-16H2,1-8H3/t18-/m1/s1. The summed E-state index contributed by atoms with van der Waals surface area (Å²) in [6, 6.07) is 6.54. The van der Waals surface area contributed by atoms with Crippen molar-refractivity contribution in [2.24, 2.45) is 5.41 Å². The van der Waals surface area contributed by atoms with Crippen molar-refractivity contribution in [1.82, 2.24) is 9.80 Å². The smallest absolute Gasteiger partial charge is 0.123 e. The first-order valence-electron chi connectivity index (χ1n) is 10.2. The normalized spacial score (nSPS) is 20.8. The molecule has 148 valence electrons. The largest absolute Gasteiger partial charge is 0.300 e. The molecule has 0 unspecified atom stereocenters. The lowest BCUT2D eigenvalue weighted by Gasteiger charge is -2.44. The van der Waals surface area contributed by atoms with Crippen molar-refractivity contribution in [3.63, 3.8) is 0 Å². The van der Waals surface area contributed by atoms with E-state index in [-0.39, 0.29) is 16.6 Å². The number of benzene rings is 1. The maximum atomic E-state index is 13.9. The number of hydrogen-bond acceptors (Lipinski definition) is 2. The van der Waals surface area contributed by atoms with Crippen LogP contribution < -0.4 is 0 Å². The molecule has 2 nitrogen and oxygen atoms in total. The molecule has 1 atom stereocenters. The third-order valence-electron chi connectivity index (χ3n) is 5.62. The Bertz CT molecular complexity index is 601. The number of halogens is 1. The third-order valence-corrected chi connectivity index (χ3v) is 5.62. The van der Waals surface area contributed by atoms with E-state index in [1.807, 2.05) is 6.07 Å². The van der Waals surface area contributed by atoms with Crippen LogP contribution in [-0.4, -0.2) is 48.1 Å². The zero-order valence-electron chi connectivity index (χ0n) is 18.2. The van der Waals surface area contributed by atoms with Crippen LogP contribution >= 0.6 is 0 Å². The van der Waals surface area contributed by atoms with E-state index in [9.17, 15) is 4.39 Å². The van der Waals surface area contributed by atoms with Gasteiger partial charge in [0.15, 0.2) is 0 Å². The van der Waals surface area contributed by atoms with E-state index in [1.165, 1.54) is 5.56 Å². The molecule has 1 fully saturated rings. The summed E-state index contributed by atoms with van der Waals surface area (Å²) in [6.45, 7) is 22.6. The topological polar surface area (TPSA) is 6.48 Å². The predicted octanol–water partition coefficient (Wildman–Crippen LogP) is 5.11. The van der Waals surface area contributed by atoms with Crippen LogP contribution in [-0.2, 0) is 11.8 Å². The van der Waals surface area contributed by atoms with E-state index in [1.54, 1.807) is 12.1 Å². The van der Waals surface area contributed by atoms with Gasteiger partial charge in [-0.15, -0.1) is 0 Å². The highest BCUT2D eigenvalue weighted by molar-refractivity contribution is 5.34. The Kier molecular flexibility index (Phi) is 6.56. The van der Waals surface area contributed by atoms with Crippen molar-refractivity contribution in [2.45, 2.75) is 79.3 Å². The van der Waals surface area contributed by atoms with Crippen molar-refractivity contribution >= 4 is 0 Å². The van der Waals surface area contributed by atoms with Crippen LogP contribution in [0.5, 0.6) is 0 Å². The average molecular weight is 363 g/mol. The van der Waals surface area contributed by atoms with E-state index in [0.717, 1.165) is 38.2 Å². The fourth-order valence-electron chi connectivity index (χ4n) is 4.57. The maximum absolute atomic E-state index is 13.9. The zero-order valence-corrected chi connectivity index (χ0v) is 18.2. The van der Waals surface area contributed by atoms with Gasteiger partial charge in [-0.2, -0.15) is 0 Å². The highest BCUT2D eigenvalue weighted by Crippen LogP contribution is 2.32. The summed E-state index contributed by atoms with van der Waals surface area (Å²) < 4.78 is 13.9. The fraction of sp³-hybridized carbons (Fsp3) is 0.739. The monoisotopic (exact) mass is 362 g/mol. The Morgan fingerprint density at radius 1 is 1.12 bits per heavy atom. The minimum Gasteiger partial charge on any atom is -0.300 e. The number of rotatable bonds is 5. The lowest BCUT2D eigenvalue weighted by molar-refractivity contribution is 0.0408. The third kappa shape index (κ3) is 5.53. The molecule has 0 amide bonds. The minimum absolute atomic E-state index is 0.0382. The number of hydrogen-bond donors (Lipinski definition) is 0. The first-order chi connectivity index (χ1) is 11.9. The first-order valence-corrected chi connectivity index (χ1v) is 10.2. The van der Waals surface area contributed by atoms with Gasteiger partial charge in [-0.1, -0.05) is 40.7 Å². The van der Waals surface area contributed by atoms with Crippen molar-refractivity contribution < 1.29 is 4.39 Å². The highest BCUT2D eigenvalue weighted by atomic mass is 19.1. The van der Waals surface area contributed by atoms with Gasteiger partial charge in [-0.3, -0.25) is 9.80 Å². The fourth-order valence-corrected chi connectivity index (χ4v) is 4.57. The minimum atomic E-state index is -0.122. The summed E-state index contributed by atoms with van der Waals surface area (Å²) in [5.74, 6) is -0.122. The van der Waals surface area contributed by atoms with Crippen LogP contribution in [0.1, 0.15) is 66.5 Å². The van der Waals surface area contributed by atoms with Gasteiger partial charge in [0.25, 0.3) is 0 Å². The van der Waals surface area contributed by atoms with Gasteiger partial charge in [0.2, 0.25) is 0 Å². The molecule has 0 bridgehead atoms. The average Bonchev–Trinajstić information content (AvgIpc) is 2.44. The Hall–Kier alpha value is -0.930. The Labute approximate surface area is 160 Å². The molecular weight excluding hydrogens is 323 g/mol. The molecular formula is C23H39FN2. The molecule has 1 aromatic rings. The van der Waals surface area contributed by atoms with Crippen molar-refractivity contribution in [3.05, 3.63) is 35.1 Å². The van der Waals surface area contributed by atoms with E-state index in [0.29, 0.717) is 12.1 Å². The summed E-state index contributed by atoms with van der Waals surface area (Å²) in [7, 11) is 0. The summed E-state index contributed by atoms with van der Waals surface area (Å²) >= 11 is 0. The summed E-state index contributed by atoms with van der Waals surface area (Å²) in [5.41, 5.74) is 2.59. The molecule has 1 saturated heterocycles.